The van der Waals surface area contributed by atoms with Gasteiger partial charge in [0, 0.05) is 25.5 Å². The summed E-state index contributed by atoms with van der Waals surface area (Å²) in [5.74, 6) is -0.488. The number of piperidine rings is 1. The zero-order valence-corrected chi connectivity index (χ0v) is 11.6. The summed E-state index contributed by atoms with van der Waals surface area (Å²) in [5.41, 5.74) is 1.28. The van der Waals surface area contributed by atoms with E-state index in [1.54, 1.807) is 0 Å². The second-order valence-electron chi connectivity index (χ2n) is 5.19. The lowest BCUT2D eigenvalue weighted by Gasteiger charge is -2.33. The predicted molar refractivity (Wildman–Crippen MR) is 71.4 cm³/mol. The summed E-state index contributed by atoms with van der Waals surface area (Å²) >= 11 is 0. The van der Waals surface area contributed by atoms with Gasteiger partial charge in [-0.3, -0.25) is 4.90 Å². The predicted octanol–water partition coefficient (Wildman–Crippen LogP) is 0.771. The number of ether oxygens (including phenoxy) is 1. The van der Waals surface area contributed by atoms with Crippen LogP contribution in [-0.2, 0) is 23.1 Å². The number of hydrogen-bond acceptors (Lipinski definition) is 4. The number of aromatic nitrogens is 1. The number of rotatable bonds is 4. The molecule has 1 aliphatic rings. The average molecular weight is 266 g/mol. The van der Waals surface area contributed by atoms with Gasteiger partial charge in [-0.05, 0) is 44.0 Å². The van der Waals surface area contributed by atoms with Gasteiger partial charge in [-0.25, -0.2) is 4.79 Å². The molecule has 2 heterocycles. The fourth-order valence-electron chi connectivity index (χ4n) is 2.63. The Bertz CT molecular complexity index is 422. The van der Waals surface area contributed by atoms with Crippen molar-refractivity contribution in [3.8, 4) is 0 Å². The molecular formula is C14H22N2O3. The minimum atomic E-state index is -0.970. The van der Waals surface area contributed by atoms with E-state index >= 15 is 0 Å². The van der Waals surface area contributed by atoms with E-state index in [1.165, 1.54) is 12.8 Å². The van der Waals surface area contributed by atoms with Gasteiger partial charge in [-0.15, -0.1) is 0 Å². The molecule has 5 nitrogen and oxygen atoms in total. The first kappa shape index (κ1) is 14.1. The largest absolute Gasteiger partial charge is 0.467 e. The molecule has 1 aromatic heterocycles. The molecule has 0 amide bonds. The van der Waals surface area contributed by atoms with E-state index in [4.69, 9.17) is 0 Å². The Kier molecular flexibility index (Phi) is 4.61. The molecule has 0 saturated carbocycles. The molecular weight excluding hydrogens is 244 g/mol. The Hall–Kier alpha value is -1.33. The Morgan fingerprint density at radius 1 is 1.53 bits per heavy atom. The molecule has 1 fully saturated rings. The third-order valence-corrected chi connectivity index (χ3v) is 3.96. The van der Waals surface area contributed by atoms with Crippen molar-refractivity contribution in [1.82, 2.24) is 9.47 Å². The van der Waals surface area contributed by atoms with Crippen LogP contribution in [0.15, 0.2) is 18.3 Å². The normalized spacial score (nSPS) is 19.3. The first-order valence-corrected chi connectivity index (χ1v) is 6.70. The molecule has 0 radical (unpaired) electrons. The van der Waals surface area contributed by atoms with Crippen LogP contribution in [0.4, 0.5) is 0 Å². The van der Waals surface area contributed by atoms with Crippen LogP contribution in [0.5, 0.6) is 0 Å². The lowest BCUT2D eigenvalue weighted by Crippen LogP contribution is -2.40. The highest BCUT2D eigenvalue weighted by Gasteiger charge is 2.30. The van der Waals surface area contributed by atoms with Crippen molar-refractivity contribution in [1.29, 1.82) is 0 Å². The van der Waals surface area contributed by atoms with Gasteiger partial charge in [0.05, 0.1) is 7.11 Å². The molecule has 19 heavy (non-hydrogen) atoms. The molecule has 0 aromatic carbocycles. The molecule has 1 saturated heterocycles. The van der Waals surface area contributed by atoms with Crippen molar-refractivity contribution < 1.29 is 14.6 Å². The van der Waals surface area contributed by atoms with Gasteiger partial charge in [-0.2, -0.15) is 0 Å². The third kappa shape index (κ3) is 3.36. The van der Waals surface area contributed by atoms with Crippen LogP contribution in [0.2, 0.25) is 0 Å². The van der Waals surface area contributed by atoms with Crippen LogP contribution in [-0.4, -0.2) is 46.8 Å². The SMILES string of the molecule is COC(=O)C(O)C1CCN(Cc2cccn2C)CC1. The monoisotopic (exact) mass is 266 g/mol. The first-order valence-electron chi connectivity index (χ1n) is 6.70. The zero-order chi connectivity index (χ0) is 13.8. The molecule has 0 spiro atoms. The van der Waals surface area contributed by atoms with Crippen molar-refractivity contribution in [2.24, 2.45) is 13.0 Å². The second kappa shape index (κ2) is 6.21. The van der Waals surface area contributed by atoms with Crippen molar-refractivity contribution in [3.05, 3.63) is 24.0 Å². The standard InChI is InChI=1S/C14H22N2O3/c1-15-7-3-4-12(15)10-16-8-5-11(6-9-16)13(17)14(18)19-2/h3-4,7,11,13,17H,5-6,8-10H2,1-2H3. The topological polar surface area (TPSA) is 54.7 Å². The number of hydrogen-bond donors (Lipinski definition) is 1. The van der Waals surface area contributed by atoms with Crippen LogP contribution in [0.25, 0.3) is 0 Å². The Morgan fingerprint density at radius 2 is 2.21 bits per heavy atom. The Balaban J connectivity index is 1.82. The van der Waals surface area contributed by atoms with Crippen molar-refractivity contribution in [2.75, 3.05) is 20.2 Å². The van der Waals surface area contributed by atoms with E-state index < -0.39 is 12.1 Å². The number of methoxy groups -OCH3 is 1. The molecule has 2 rings (SSSR count). The molecule has 5 heteroatoms. The lowest BCUT2D eigenvalue weighted by atomic mass is 9.91. The van der Waals surface area contributed by atoms with Crippen molar-refractivity contribution in [3.63, 3.8) is 0 Å². The minimum Gasteiger partial charge on any atom is -0.467 e. The number of likely N-dealkylation sites (tertiary alicyclic amines) is 1. The minimum absolute atomic E-state index is 0.0251. The second-order valence-corrected chi connectivity index (χ2v) is 5.19. The number of carbonyl (C=O) groups excluding carboxylic acids is 1. The van der Waals surface area contributed by atoms with Crippen LogP contribution in [0.1, 0.15) is 18.5 Å². The van der Waals surface area contributed by atoms with E-state index in [9.17, 15) is 9.90 Å². The van der Waals surface area contributed by atoms with Crippen LogP contribution >= 0.6 is 0 Å². The maximum atomic E-state index is 11.3. The van der Waals surface area contributed by atoms with Crippen LogP contribution in [0.3, 0.4) is 0 Å². The molecule has 1 N–H and O–H groups in total. The number of esters is 1. The van der Waals surface area contributed by atoms with Gasteiger partial charge in [-0.1, -0.05) is 0 Å². The molecule has 1 aliphatic heterocycles. The number of aryl methyl sites for hydroxylation is 1. The van der Waals surface area contributed by atoms with Gasteiger partial charge in [0.25, 0.3) is 0 Å². The van der Waals surface area contributed by atoms with E-state index in [1.807, 2.05) is 19.3 Å². The first-order chi connectivity index (χ1) is 9.11. The summed E-state index contributed by atoms with van der Waals surface area (Å²) in [7, 11) is 3.36. The molecule has 0 aliphatic carbocycles. The van der Waals surface area contributed by atoms with Gasteiger partial charge in [0.1, 0.15) is 0 Å². The summed E-state index contributed by atoms with van der Waals surface area (Å²) in [4.78, 5) is 13.7. The number of nitrogens with zero attached hydrogens (tertiary/aromatic N) is 2. The van der Waals surface area contributed by atoms with Crippen LogP contribution < -0.4 is 0 Å². The number of carbonyl (C=O) groups is 1. The quantitative estimate of drug-likeness (QED) is 0.818. The summed E-state index contributed by atoms with van der Waals surface area (Å²) in [6.07, 6.45) is 2.74. The van der Waals surface area contributed by atoms with Gasteiger partial charge in [0.2, 0.25) is 0 Å². The highest BCUT2D eigenvalue weighted by Crippen LogP contribution is 2.22. The molecule has 0 bridgehead atoms. The van der Waals surface area contributed by atoms with Gasteiger partial charge < -0.3 is 14.4 Å². The lowest BCUT2D eigenvalue weighted by molar-refractivity contribution is -0.154. The van der Waals surface area contributed by atoms with E-state index in [2.05, 4.69) is 20.3 Å². The average Bonchev–Trinajstić information content (AvgIpc) is 2.83. The highest BCUT2D eigenvalue weighted by molar-refractivity contribution is 5.74. The van der Waals surface area contributed by atoms with Crippen molar-refractivity contribution in [2.45, 2.75) is 25.5 Å². The maximum Gasteiger partial charge on any atom is 0.334 e. The summed E-state index contributed by atoms with van der Waals surface area (Å²) in [6, 6.07) is 4.17. The summed E-state index contributed by atoms with van der Waals surface area (Å²) in [6.45, 7) is 2.73. The summed E-state index contributed by atoms with van der Waals surface area (Å²) < 4.78 is 6.71. The molecule has 1 aromatic rings. The van der Waals surface area contributed by atoms with E-state index in [0.29, 0.717) is 0 Å². The summed E-state index contributed by atoms with van der Waals surface area (Å²) in [5, 5.41) is 9.83. The molecule has 1 unspecified atom stereocenters. The van der Waals surface area contributed by atoms with E-state index in [0.717, 1.165) is 32.5 Å². The zero-order valence-electron chi connectivity index (χ0n) is 11.6. The number of aliphatic hydroxyl groups is 1. The molecule has 106 valence electrons. The Labute approximate surface area is 113 Å². The van der Waals surface area contributed by atoms with Gasteiger partial charge >= 0.3 is 5.97 Å². The van der Waals surface area contributed by atoms with Gasteiger partial charge in [0.15, 0.2) is 6.10 Å². The Morgan fingerprint density at radius 3 is 2.74 bits per heavy atom. The molecule has 1 atom stereocenters. The van der Waals surface area contributed by atoms with Crippen LogP contribution in [0, 0.1) is 5.92 Å². The highest BCUT2D eigenvalue weighted by atomic mass is 16.5. The van der Waals surface area contributed by atoms with E-state index in [-0.39, 0.29) is 5.92 Å². The fraction of sp³-hybridized carbons (Fsp3) is 0.643. The smallest absolute Gasteiger partial charge is 0.334 e. The number of aliphatic hydroxyl groups excluding tert-OH is 1. The fourth-order valence-corrected chi connectivity index (χ4v) is 2.63. The van der Waals surface area contributed by atoms with Crippen molar-refractivity contribution >= 4 is 5.97 Å². The maximum absolute atomic E-state index is 11.3. The third-order valence-electron chi connectivity index (χ3n) is 3.96.